The molecule has 5 nitrogen and oxygen atoms in total. The number of carbonyl (C=O) groups is 1. The summed E-state index contributed by atoms with van der Waals surface area (Å²) in [4.78, 5) is 26.1. The van der Waals surface area contributed by atoms with Crippen LogP contribution >= 0.6 is 11.8 Å². The minimum absolute atomic E-state index is 0.366. The summed E-state index contributed by atoms with van der Waals surface area (Å²) < 4.78 is 0. The van der Waals surface area contributed by atoms with Crippen LogP contribution in [0.25, 0.3) is 11.3 Å². The summed E-state index contributed by atoms with van der Waals surface area (Å²) in [6, 6.07) is 8.48. The number of hydrogen-bond acceptors (Lipinski definition) is 4. The van der Waals surface area contributed by atoms with Crippen LogP contribution in [0.5, 0.6) is 5.75 Å². The molecule has 98 valence electrons. The number of benzene rings is 1. The van der Waals surface area contributed by atoms with Gasteiger partial charge in [0.25, 0.3) is 0 Å². The normalized spacial score (nSPS) is 10.4. The fourth-order valence-electron chi connectivity index (χ4n) is 1.72. The van der Waals surface area contributed by atoms with Crippen LogP contribution in [0.4, 0.5) is 0 Å². The van der Waals surface area contributed by atoms with Crippen molar-refractivity contribution in [3.8, 4) is 17.0 Å². The fourth-order valence-corrected chi connectivity index (χ4v) is 2.33. The Labute approximate surface area is 112 Å². The average Bonchev–Trinajstić information content (AvgIpc) is 2.41. The summed E-state index contributed by atoms with van der Waals surface area (Å²) >= 11 is 1.48. The Morgan fingerprint density at radius 2 is 2.00 bits per heavy atom. The first-order valence-electron chi connectivity index (χ1n) is 5.37. The van der Waals surface area contributed by atoms with E-state index in [4.69, 9.17) is 5.11 Å². The van der Waals surface area contributed by atoms with E-state index in [1.54, 1.807) is 12.1 Å². The van der Waals surface area contributed by atoms with Crippen LogP contribution < -0.4 is 5.43 Å². The second kappa shape index (κ2) is 5.19. The molecule has 1 aromatic heterocycles. The molecule has 2 rings (SSSR count). The number of nitrogens with one attached hydrogen (secondary N) is 1. The van der Waals surface area contributed by atoms with E-state index in [2.05, 4.69) is 4.98 Å². The van der Waals surface area contributed by atoms with E-state index in [9.17, 15) is 14.7 Å². The molecule has 0 unspecified atom stereocenters. The van der Waals surface area contributed by atoms with Gasteiger partial charge >= 0.3 is 5.97 Å². The highest BCUT2D eigenvalue weighted by Gasteiger charge is 2.16. The van der Waals surface area contributed by atoms with Crippen molar-refractivity contribution >= 4 is 17.7 Å². The molecule has 0 aliphatic heterocycles. The number of thioether (sulfide) groups is 1. The van der Waals surface area contributed by atoms with Crippen molar-refractivity contribution in [2.75, 3.05) is 6.26 Å². The van der Waals surface area contributed by atoms with Gasteiger partial charge in [-0.25, -0.2) is 4.79 Å². The zero-order chi connectivity index (χ0) is 14.0. The average molecular weight is 277 g/mol. The summed E-state index contributed by atoms with van der Waals surface area (Å²) in [6.07, 6.45) is 1.88. The third-order valence-electron chi connectivity index (χ3n) is 2.62. The van der Waals surface area contributed by atoms with Gasteiger partial charge in [-0.3, -0.25) is 4.79 Å². The largest absolute Gasteiger partial charge is 0.502 e. The van der Waals surface area contributed by atoms with Gasteiger partial charge in [-0.2, -0.15) is 0 Å². The van der Waals surface area contributed by atoms with Crippen molar-refractivity contribution in [3.63, 3.8) is 0 Å². The lowest BCUT2D eigenvalue weighted by molar-refractivity contribution is 0.0687. The number of aromatic carboxylic acids is 1. The zero-order valence-electron chi connectivity index (χ0n) is 10.0. The van der Waals surface area contributed by atoms with Crippen molar-refractivity contribution in [2.45, 2.75) is 4.90 Å². The maximum atomic E-state index is 11.6. The molecule has 2 aromatic rings. The molecule has 0 saturated heterocycles. The summed E-state index contributed by atoms with van der Waals surface area (Å²) in [5.74, 6) is -2.16. The molecule has 0 aliphatic rings. The van der Waals surface area contributed by atoms with Crippen molar-refractivity contribution < 1.29 is 15.0 Å². The first-order valence-corrected chi connectivity index (χ1v) is 6.60. The van der Waals surface area contributed by atoms with E-state index in [1.165, 1.54) is 17.8 Å². The maximum Gasteiger partial charge on any atom is 0.356 e. The monoisotopic (exact) mass is 277 g/mol. The SMILES string of the molecule is CSc1ccccc1-c1cc(=O)c(O)c(C(=O)O)[nH]1. The highest BCUT2D eigenvalue weighted by Crippen LogP contribution is 2.29. The molecule has 0 radical (unpaired) electrons. The molecule has 1 heterocycles. The van der Waals surface area contributed by atoms with Crippen molar-refractivity contribution in [1.29, 1.82) is 0 Å². The van der Waals surface area contributed by atoms with Gasteiger partial charge in [-0.05, 0) is 12.3 Å². The van der Waals surface area contributed by atoms with Gasteiger partial charge in [0.1, 0.15) is 0 Å². The third kappa shape index (κ3) is 2.48. The van der Waals surface area contributed by atoms with Crippen LogP contribution in [0.1, 0.15) is 10.5 Å². The Balaban J connectivity index is 2.70. The van der Waals surface area contributed by atoms with Crippen LogP contribution in [0.2, 0.25) is 0 Å². The van der Waals surface area contributed by atoms with Crippen LogP contribution in [0.15, 0.2) is 40.0 Å². The summed E-state index contributed by atoms with van der Waals surface area (Å²) in [6.45, 7) is 0. The smallest absolute Gasteiger partial charge is 0.356 e. The first-order chi connectivity index (χ1) is 9.04. The molecule has 0 bridgehead atoms. The molecule has 0 saturated carbocycles. The third-order valence-corrected chi connectivity index (χ3v) is 3.41. The molecule has 6 heteroatoms. The van der Waals surface area contributed by atoms with E-state index in [1.807, 2.05) is 18.4 Å². The standard InChI is InChI=1S/C13H11NO4S/c1-19-10-5-3-2-4-7(10)8-6-9(15)12(16)11(14-8)13(17)18/h2-6,16H,1H3,(H,14,15)(H,17,18). The number of aromatic hydroxyl groups is 1. The molecule has 0 amide bonds. The van der Waals surface area contributed by atoms with E-state index in [-0.39, 0.29) is 0 Å². The van der Waals surface area contributed by atoms with Crippen LogP contribution in [-0.4, -0.2) is 27.4 Å². The molecule has 19 heavy (non-hydrogen) atoms. The van der Waals surface area contributed by atoms with Crippen LogP contribution in [0.3, 0.4) is 0 Å². The Hall–Kier alpha value is -2.21. The Morgan fingerprint density at radius 3 is 2.63 bits per heavy atom. The van der Waals surface area contributed by atoms with E-state index < -0.39 is 22.8 Å². The van der Waals surface area contributed by atoms with Gasteiger partial charge in [-0.1, -0.05) is 18.2 Å². The zero-order valence-corrected chi connectivity index (χ0v) is 10.8. The van der Waals surface area contributed by atoms with Gasteiger partial charge in [0.15, 0.2) is 11.4 Å². The number of carboxylic acids is 1. The van der Waals surface area contributed by atoms with Gasteiger partial charge in [0.2, 0.25) is 5.43 Å². The fraction of sp³-hybridized carbons (Fsp3) is 0.0769. The lowest BCUT2D eigenvalue weighted by Gasteiger charge is -2.09. The molecular weight excluding hydrogens is 266 g/mol. The Morgan fingerprint density at radius 1 is 1.32 bits per heavy atom. The molecule has 1 aromatic carbocycles. The van der Waals surface area contributed by atoms with Crippen LogP contribution in [-0.2, 0) is 0 Å². The second-order valence-electron chi connectivity index (χ2n) is 3.78. The van der Waals surface area contributed by atoms with E-state index >= 15 is 0 Å². The van der Waals surface area contributed by atoms with Gasteiger partial charge in [0, 0.05) is 16.5 Å². The number of hydrogen-bond donors (Lipinski definition) is 3. The highest BCUT2D eigenvalue weighted by atomic mass is 32.2. The number of H-pyrrole nitrogens is 1. The summed E-state index contributed by atoms with van der Waals surface area (Å²) in [5.41, 5.74) is -0.139. The van der Waals surface area contributed by atoms with Crippen LogP contribution in [0, 0.1) is 0 Å². The lowest BCUT2D eigenvalue weighted by Crippen LogP contribution is -2.11. The predicted molar refractivity (Wildman–Crippen MR) is 72.9 cm³/mol. The van der Waals surface area contributed by atoms with Crippen molar-refractivity contribution in [3.05, 3.63) is 46.2 Å². The van der Waals surface area contributed by atoms with Gasteiger partial charge in [-0.15, -0.1) is 11.8 Å². The van der Waals surface area contributed by atoms with E-state index in [0.717, 1.165) is 10.5 Å². The molecule has 3 N–H and O–H groups in total. The summed E-state index contributed by atoms with van der Waals surface area (Å²) in [7, 11) is 0. The minimum atomic E-state index is -1.38. The minimum Gasteiger partial charge on any atom is -0.502 e. The topological polar surface area (TPSA) is 90.4 Å². The molecule has 0 atom stereocenters. The lowest BCUT2D eigenvalue weighted by atomic mass is 10.1. The van der Waals surface area contributed by atoms with E-state index in [0.29, 0.717) is 5.69 Å². The Bertz CT molecular complexity index is 693. The molecule has 0 aliphatic carbocycles. The summed E-state index contributed by atoms with van der Waals surface area (Å²) in [5, 5.41) is 18.4. The number of aromatic amines is 1. The molecular formula is C13H11NO4S. The predicted octanol–water partition coefficient (Wildman–Crippen LogP) is 2.17. The van der Waals surface area contributed by atoms with Crippen molar-refractivity contribution in [2.24, 2.45) is 0 Å². The first kappa shape index (κ1) is 13.2. The number of pyridine rings is 1. The maximum absolute atomic E-state index is 11.6. The number of carboxylic acid groups (broad SMARTS) is 1. The second-order valence-corrected chi connectivity index (χ2v) is 4.62. The van der Waals surface area contributed by atoms with Gasteiger partial charge in [0.05, 0.1) is 5.69 Å². The number of rotatable bonds is 3. The van der Waals surface area contributed by atoms with Crippen molar-refractivity contribution in [1.82, 2.24) is 4.98 Å². The highest BCUT2D eigenvalue weighted by molar-refractivity contribution is 7.98. The quantitative estimate of drug-likeness (QED) is 0.748. The van der Waals surface area contributed by atoms with Gasteiger partial charge < -0.3 is 15.2 Å². The molecule has 0 fully saturated rings. The number of aromatic nitrogens is 1. The molecule has 0 spiro atoms. The Kier molecular flexibility index (Phi) is 3.62.